The fourth-order valence-corrected chi connectivity index (χ4v) is 1.60. The van der Waals surface area contributed by atoms with E-state index in [0.717, 1.165) is 26.1 Å². The predicted molar refractivity (Wildman–Crippen MR) is 65.7 cm³/mol. The van der Waals surface area contributed by atoms with E-state index in [-0.39, 0.29) is 12.1 Å². The molecule has 0 aromatic carbocycles. The van der Waals surface area contributed by atoms with E-state index < -0.39 is 0 Å². The Morgan fingerprint density at radius 1 is 1.25 bits per heavy atom. The van der Waals surface area contributed by atoms with E-state index >= 15 is 0 Å². The molecule has 0 bridgehead atoms. The average molecular weight is 233 g/mol. The van der Waals surface area contributed by atoms with E-state index in [0.29, 0.717) is 12.6 Å². The van der Waals surface area contributed by atoms with E-state index in [1.807, 2.05) is 6.92 Å². The zero-order valence-electron chi connectivity index (χ0n) is 11.1. The molecule has 0 amide bonds. The van der Waals surface area contributed by atoms with Crippen molar-refractivity contribution < 1.29 is 14.6 Å². The third-order valence-corrected chi connectivity index (χ3v) is 2.42. The van der Waals surface area contributed by atoms with Gasteiger partial charge < -0.3 is 19.9 Å². The standard InChI is InChI=1S/C12H27NO3/c1-11(2)13-12(3,10-14)6-9-16-8-5-7-15-4/h11,13-14H,5-10H2,1-4H3. The van der Waals surface area contributed by atoms with Crippen LogP contribution in [0.25, 0.3) is 0 Å². The molecule has 0 aromatic rings. The summed E-state index contributed by atoms with van der Waals surface area (Å²) in [6.07, 6.45) is 1.73. The van der Waals surface area contributed by atoms with Gasteiger partial charge in [-0.05, 0) is 19.8 Å². The molecule has 0 saturated carbocycles. The van der Waals surface area contributed by atoms with Gasteiger partial charge in [-0.2, -0.15) is 0 Å². The summed E-state index contributed by atoms with van der Waals surface area (Å²) in [5.74, 6) is 0. The van der Waals surface area contributed by atoms with Gasteiger partial charge in [-0.15, -0.1) is 0 Å². The quantitative estimate of drug-likeness (QED) is 0.556. The lowest BCUT2D eigenvalue weighted by Crippen LogP contribution is -2.49. The predicted octanol–water partition coefficient (Wildman–Crippen LogP) is 1.18. The number of methoxy groups -OCH3 is 1. The highest BCUT2D eigenvalue weighted by Gasteiger charge is 2.23. The van der Waals surface area contributed by atoms with Gasteiger partial charge in [0.15, 0.2) is 0 Å². The van der Waals surface area contributed by atoms with Crippen LogP contribution in [0.3, 0.4) is 0 Å². The van der Waals surface area contributed by atoms with Gasteiger partial charge in [0.05, 0.1) is 6.61 Å². The van der Waals surface area contributed by atoms with Crippen molar-refractivity contribution in [3.63, 3.8) is 0 Å². The Labute approximate surface area is 99.3 Å². The van der Waals surface area contributed by atoms with Crippen molar-refractivity contribution in [3.05, 3.63) is 0 Å². The molecule has 0 radical (unpaired) electrons. The topological polar surface area (TPSA) is 50.7 Å². The van der Waals surface area contributed by atoms with Crippen molar-refractivity contribution in [3.8, 4) is 0 Å². The van der Waals surface area contributed by atoms with Crippen LogP contribution in [-0.2, 0) is 9.47 Å². The Balaban J connectivity index is 3.61. The van der Waals surface area contributed by atoms with Crippen LogP contribution in [0.5, 0.6) is 0 Å². The maximum absolute atomic E-state index is 9.34. The third-order valence-electron chi connectivity index (χ3n) is 2.42. The first kappa shape index (κ1) is 15.8. The number of hydrogen-bond acceptors (Lipinski definition) is 4. The lowest BCUT2D eigenvalue weighted by Gasteiger charge is -2.31. The van der Waals surface area contributed by atoms with Crippen molar-refractivity contribution in [1.82, 2.24) is 5.32 Å². The molecule has 4 nitrogen and oxygen atoms in total. The molecule has 0 aliphatic carbocycles. The third kappa shape index (κ3) is 8.05. The fourth-order valence-electron chi connectivity index (χ4n) is 1.60. The highest BCUT2D eigenvalue weighted by atomic mass is 16.5. The summed E-state index contributed by atoms with van der Waals surface area (Å²) in [5, 5.41) is 12.7. The van der Waals surface area contributed by atoms with Gasteiger partial charge in [-0.1, -0.05) is 13.8 Å². The monoisotopic (exact) mass is 233 g/mol. The first-order valence-electron chi connectivity index (χ1n) is 5.99. The first-order valence-corrected chi connectivity index (χ1v) is 5.99. The number of rotatable bonds is 10. The molecule has 0 rings (SSSR count). The summed E-state index contributed by atoms with van der Waals surface area (Å²) >= 11 is 0. The van der Waals surface area contributed by atoms with Gasteiger partial charge in [0, 0.05) is 38.5 Å². The van der Waals surface area contributed by atoms with Crippen molar-refractivity contribution in [2.45, 2.75) is 45.2 Å². The minimum Gasteiger partial charge on any atom is -0.394 e. The fraction of sp³-hybridized carbons (Fsp3) is 1.00. The molecule has 1 unspecified atom stereocenters. The van der Waals surface area contributed by atoms with E-state index in [1.54, 1.807) is 7.11 Å². The van der Waals surface area contributed by atoms with Crippen molar-refractivity contribution in [2.24, 2.45) is 0 Å². The minimum atomic E-state index is -0.241. The lowest BCUT2D eigenvalue weighted by atomic mass is 9.98. The van der Waals surface area contributed by atoms with Crippen LogP contribution in [0.2, 0.25) is 0 Å². The molecular formula is C12H27NO3. The maximum atomic E-state index is 9.34. The molecule has 0 saturated heterocycles. The van der Waals surface area contributed by atoms with E-state index in [2.05, 4.69) is 19.2 Å². The second-order valence-electron chi connectivity index (χ2n) is 4.73. The van der Waals surface area contributed by atoms with Gasteiger partial charge in [-0.25, -0.2) is 0 Å². The number of ether oxygens (including phenoxy) is 2. The van der Waals surface area contributed by atoms with Crippen LogP contribution in [0.4, 0.5) is 0 Å². The van der Waals surface area contributed by atoms with E-state index in [9.17, 15) is 5.11 Å². The first-order chi connectivity index (χ1) is 7.54. The molecule has 16 heavy (non-hydrogen) atoms. The van der Waals surface area contributed by atoms with E-state index in [1.165, 1.54) is 0 Å². The molecule has 0 heterocycles. The molecule has 1 atom stereocenters. The Bertz CT molecular complexity index is 164. The van der Waals surface area contributed by atoms with Crippen molar-refractivity contribution >= 4 is 0 Å². The Morgan fingerprint density at radius 3 is 2.44 bits per heavy atom. The van der Waals surface area contributed by atoms with Crippen LogP contribution >= 0.6 is 0 Å². The van der Waals surface area contributed by atoms with Crippen LogP contribution < -0.4 is 5.32 Å². The zero-order chi connectivity index (χ0) is 12.4. The summed E-state index contributed by atoms with van der Waals surface area (Å²) in [5.41, 5.74) is -0.241. The van der Waals surface area contributed by atoms with Crippen LogP contribution in [0, 0.1) is 0 Å². The molecule has 2 N–H and O–H groups in total. The largest absolute Gasteiger partial charge is 0.394 e. The van der Waals surface area contributed by atoms with Crippen molar-refractivity contribution in [2.75, 3.05) is 33.5 Å². The van der Waals surface area contributed by atoms with Gasteiger partial charge in [0.2, 0.25) is 0 Å². The average Bonchev–Trinajstić information content (AvgIpc) is 2.22. The van der Waals surface area contributed by atoms with Crippen LogP contribution in [0.1, 0.15) is 33.6 Å². The van der Waals surface area contributed by atoms with Crippen LogP contribution in [0.15, 0.2) is 0 Å². The number of nitrogens with one attached hydrogen (secondary N) is 1. The summed E-state index contributed by atoms with van der Waals surface area (Å²) in [6, 6.07) is 0.366. The SMILES string of the molecule is COCCCOCCC(C)(CO)NC(C)C. The smallest absolute Gasteiger partial charge is 0.0611 e. The molecule has 4 heteroatoms. The second kappa shape index (κ2) is 8.93. The van der Waals surface area contributed by atoms with Gasteiger partial charge in [0.1, 0.15) is 0 Å². The van der Waals surface area contributed by atoms with Crippen molar-refractivity contribution in [1.29, 1.82) is 0 Å². The summed E-state index contributed by atoms with van der Waals surface area (Å²) in [6.45, 7) is 8.43. The molecule has 0 aliphatic heterocycles. The minimum absolute atomic E-state index is 0.132. The van der Waals surface area contributed by atoms with Gasteiger partial charge >= 0.3 is 0 Å². The number of hydrogen-bond donors (Lipinski definition) is 2. The van der Waals surface area contributed by atoms with Gasteiger partial charge in [-0.3, -0.25) is 0 Å². The highest BCUT2D eigenvalue weighted by molar-refractivity contribution is 4.83. The summed E-state index contributed by atoms with van der Waals surface area (Å²) in [4.78, 5) is 0. The second-order valence-corrected chi connectivity index (χ2v) is 4.73. The Morgan fingerprint density at radius 2 is 1.94 bits per heavy atom. The zero-order valence-corrected chi connectivity index (χ0v) is 11.1. The van der Waals surface area contributed by atoms with E-state index in [4.69, 9.17) is 9.47 Å². The molecule has 98 valence electrons. The van der Waals surface area contributed by atoms with Gasteiger partial charge in [0.25, 0.3) is 0 Å². The maximum Gasteiger partial charge on any atom is 0.0611 e. The molecule has 0 spiro atoms. The number of aliphatic hydroxyl groups is 1. The molecule has 0 fully saturated rings. The molecular weight excluding hydrogens is 206 g/mol. The van der Waals surface area contributed by atoms with Crippen LogP contribution in [-0.4, -0.2) is 50.2 Å². The molecule has 0 aliphatic rings. The normalized spacial score (nSPS) is 15.4. The summed E-state index contributed by atoms with van der Waals surface area (Å²) in [7, 11) is 1.69. The Kier molecular flexibility index (Phi) is 8.84. The highest BCUT2D eigenvalue weighted by Crippen LogP contribution is 2.10. The summed E-state index contributed by atoms with van der Waals surface area (Å²) < 4.78 is 10.4. The molecule has 0 aromatic heterocycles. The number of aliphatic hydroxyl groups excluding tert-OH is 1. The lowest BCUT2D eigenvalue weighted by molar-refractivity contribution is 0.0705. The Hall–Kier alpha value is -0.160.